The van der Waals surface area contributed by atoms with Gasteiger partial charge in [0.25, 0.3) is 0 Å². The van der Waals surface area contributed by atoms with E-state index in [4.69, 9.17) is 0 Å². The molecule has 0 atom stereocenters. The average Bonchev–Trinajstić information content (AvgIpc) is 4.53. The fraction of sp³-hybridized carbons (Fsp3) is 0.0400. The van der Waals surface area contributed by atoms with Gasteiger partial charge >= 0.3 is 0 Å². The van der Waals surface area contributed by atoms with Crippen molar-refractivity contribution in [3.8, 4) is 45.0 Å². The molecule has 5 heterocycles. The van der Waals surface area contributed by atoms with Gasteiger partial charge in [-0.3, -0.25) is 0 Å². The molecule has 0 bridgehead atoms. The van der Waals surface area contributed by atoms with Crippen molar-refractivity contribution >= 4 is 119 Å². The molecule has 1 aliphatic rings. The van der Waals surface area contributed by atoms with Crippen molar-refractivity contribution in [3.63, 3.8) is 0 Å². The van der Waals surface area contributed by atoms with Crippen LogP contribution < -0.4 is 0 Å². The van der Waals surface area contributed by atoms with Crippen LogP contribution in [-0.4, -0.2) is 18.3 Å². The van der Waals surface area contributed by atoms with Crippen LogP contribution in [0.3, 0.4) is 0 Å². The van der Waals surface area contributed by atoms with Gasteiger partial charge in [0, 0.05) is 75.4 Å². The molecular formula is C75H48N4S. The number of fused-ring (bicyclic) bond motifs is 20. The Balaban J connectivity index is 0.846. The summed E-state index contributed by atoms with van der Waals surface area (Å²) < 4.78 is 12.6. The summed E-state index contributed by atoms with van der Waals surface area (Å²) in [5.41, 5.74) is 21.8. The highest BCUT2D eigenvalue weighted by atomic mass is 32.1. The summed E-state index contributed by atoms with van der Waals surface area (Å²) in [7, 11) is 0. The van der Waals surface area contributed by atoms with E-state index in [2.05, 4.69) is 287 Å². The summed E-state index contributed by atoms with van der Waals surface area (Å²) in [6, 6.07) is 95.2. The second kappa shape index (κ2) is 16.1. The number of para-hydroxylation sites is 5. The van der Waals surface area contributed by atoms with Gasteiger partial charge in [-0.05, 0) is 137 Å². The van der Waals surface area contributed by atoms with Gasteiger partial charge < -0.3 is 18.3 Å². The van der Waals surface area contributed by atoms with Gasteiger partial charge in [0.2, 0.25) is 0 Å². The first kappa shape index (κ1) is 44.1. The summed E-state index contributed by atoms with van der Waals surface area (Å²) in [6.07, 6.45) is 0. The van der Waals surface area contributed by atoms with Gasteiger partial charge in [-0.2, -0.15) is 0 Å². The molecule has 0 saturated carbocycles. The fourth-order valence-corrected chi connectivity index (χ4v) is 15.8. The van der Waals surface area contributed by atoms with Crippen LogP contribution in [0.15, 0.2) is 255 Å². The van der Waals surface area contributed by atoms with Gasteiger partial charge in [-0.25, -0.2) is 0 Å². The maximum absolute atomic E-state index is 2.56. The minimum absolute atomic E-state index is 0.280. The van der Waals surface area contributed by atoms with E-state index in [9.17, 15) is 0 Å². The predicted octanol–water partition coefficient (Wildman–Crippen LogP) is 20.4. The summed E-state index contributed by atoms with van der Waals surface area (Å²) in [5.74, 6) is 0. The summed E-state index contributed by atoms with van der Waals surface area (Å²) in [4.78, 5) is 0. The van der Waals surface area contributed by atoms with Crippen molar-refractivity contribution in [1.82, 2.24) is 18.3 Å². The quantitative estimate of drug-likeness (QED) is 0.164. The third-order valence-corrected chi connectivity index (χ3v) is 19.1. The Morgan fingerprint density at radius 1 is 0.300 bits per heavy atom. The number of hydrogen-bond acceptors (Lipinski definition) is 1. The molecule has 0 fully saturated rings. The molecule has 5 aromatic heterocycles. The van der Waals surface area contributed by atoms with Crippen LogP contribution in [0.5, 0.6) is 0 Å². The molecule has 0 N–H and O–H groups in total. The fourth-order valence-electron chi connectivity index (χ4n) is 14.6. The molecule has 374 valence electrons. The number of hydrogen-bond donors (Lipinski definition) is 0. The standard InChI is InChI=1S/C75H48N4S/c1-75(2)57-37-35-45(43-55(57)50-27-17-32-66(73(50)75)78-59-30-14-10-25-53(59)70-64(78)41-39-62-69(70)52-24-9-13-29-58(52)76(62)47-19-5-3-6-20-47)46-36-38-61-56(44-46)72-63(77(61)48-21-7-4-8-22-48)40-42-65-71(72)54-26-11-15-31-60(54)79(65)67-33-18-28-51-49-23-12-16-34-68(49)80-74(51)67/h3-44H,1-2H3. The summed E-state index contributed by atoms with van der Waals surface area (Å²) >= 11 is 1.89. The van der Waals surface area contributed by atoms with Gasteiger partial charge in [0.1, 0.15) is 0 Å². The van der Waals surface area contributed by atoms with Crippen molar-refractivity contribution in [2.75, 3.05) is 0 Å². The van der Waals surface area contributed by atoms with Crippen molar-refractivity contribution in [2.45, 2.75) is 19.3 Å². The van der Waals surface area contributed by atoms with Crippen LogP contribution in [0.1, 0.15) is 25.0 Å². The van der Waals surface area contributed by atoms with Crippen molar-refractivity contribution in [3.05, 3.63) is 266 Å². The predicted molar refractivity (Wildman–Crippen MR) is 340 cm³/mol. The second-order valence-corrected chi connectivity index (χ2v) is 23.4. The van der Waals surface area contributed by atoms with Crippen LogP contribution in [0.4, 0.5) is 0 Å². The molecule has 0 radical (unpaired) electrons. The summed E-state index contributed by atoms with van der Waals surface area (Å²) in [6.45, 7) is 4.85. The average molecular weight is 1040 g/mol. The van der Waals surface area contributed by atoms with Gasteiger partial charge in [-0.15, -0.1) is 11.3 Å². The van der Waals surface area contributed by atoms with E-state index in [1.54, 1.807) is 0 Å². The third-order valence-electron chi connectivity index (χ3n) is 17.9. The molecule has 12 aromatic carbocycles. The van der Waals surface area contributed by atoms with E-state index in [1.165, 1.54) is 158 Å². The zero-order valence-electron chi connectivity index (χ0n) is 43.9. The molecule has 0 amide bonds. The van der Waals surface area contributed by atoms with Crippen LogP contribution in [-0.2, 0) is 5.41 Å². The Morgan fingerprint density at radius 2 is 0.738 bits per heavy atom. The number of benzene rings is 12. The molecule has 5 heteroatoms. The highest BCUT2D eigenvalue weighted by Gasteiger charge is 2.39. The molecule has 0 aliphatic heterocycles. The van der Waals surface area contributed by atoms with E-state index < -0.39 is 0 Å². The van der Waals surface area contributed by atoms with Crippen molar-refractivity contribution < 1.29 is 0 Å². The zero-order chi connectivity index (χ0) is 52.5. The molecule has 0 spiro atoms. The maximum Gasteiger partial charge on any atom is 0.0640 e. The molecule has 18 rings (SSSR count). The molecule has 0 unspecified atom stereocenters. The van der Waals surface area contributed by atoms with Crippen LogP contribution in [0.2, 0.25) is 0 Å². The van der Waals surface area contributed by atoms with E-state index in [-0.39, 0.29) is 5.41 Å². The Labute approximate surface area is 464 Å². The van der Waals surface area contributed by atoms with Gasteiger partial charge in [0.15, 0.2) is 0 Å². The smallest absolute Gasteiger partial charge is 0.0640 e. The minimum Gasteiger partial charge on any atom is -0.309 e. The zero-order valence-corrected chi connectivity index (χ0v) is 44.8. The van der Waals surface area contributed by atoms with Crippen LogP contribution in [0, 0.1) is 0 Å². The Morgan fingerprint density at radius 3 is 1.36 bits per heavy atom. The molecule has 17 aromatic rings. The summed E-state index contributed by atoms with van der Waals surface area (Å²) in [5, 5.41) is 12.7. The largest absolute Gasteiger partial charge is 0.309 e. The minimum atomic E-state index is -0.280. The second-order valence-electron chi connectivity index (χ2n) is 22.3. The lowest BCUT2D eigenvalue weighted by molar-refractivity contribution is 0.656. The van der Waals surface area contributed by atoms with E-state index in [0.717, 1.165) is 5.69 Å². The van der Waals surface area contributed by atoms with E-state index in [1.807, 2.05) is 11.3 Å². The number of aromatic nitrogens is 4. The SMILES string of the molecule is CC1(C)c2ccc(-c3ccc4c(c3)c3c5c6ccccc6n(-c6cccc7c6sc6ccccc67)c5ccc3n4-c3ccccc3)cc2-c2cccc(-n3c4ccccc4c4c5c6ccccc6n(-c6ccccc6)c5ccc43)c21. The molecule has 80 heavy (non-hydrogen) atoms. The highest BCUT2D eigenvalue weighted by Crippen LogP contribution is 2.54. The highest BCUT2D eigenvalue weighted by molar-refractivity contribution is 7.26. The normalized spacial score (nSPS) is 13.2. The van der Waals surface area contributed by atoms with Crippen molar-refractivity contribution in [2.24, 2.45) is 0 Å². The first-order chi connectivity index (χ1) is 39.5. The Kier molecular flexibility index (Phi) is 8.86. The molecule has 4 nitrogen and oxygen atoms in total. The van der Waals surface area contributed by atoms with Gasteiger partial charge in [-0.1, -0.05) is 166 Å². The Bertz CT molecular complexity index is 5510. The topological polar surface area (TPSA) is 19.7 Å². The molecule has 0 saturated heterocycles. The number of rotatable bonds is 5. The lowest BCUT2D eigenvalue weighted by atomic mass is 9.81. The van der Waals surface area contributed by atoms with Gasteiger partial charge in [0.05, 0.1) is 60.2 Å². The first-order valence-corrected chi connectivity index (χ1v) is 28.6. The van der Waals surface area contributed by atoms with Crippen LogP contribution in [0.25, 0.3) is 152 Å². The lowest BCUT2D eigenvalue weighted by Crippen LogP contribution is -2.18. The first-order valence-electron chi connectivity index (χ1n) is 27.8. The van der Waals surface area contributed by atoms with E-state index in [0.29, 0.717) is 0 Å². The molecule has 1 aliphatic carbocycles. The van der Waals surface area contributed by atoms with Crippen molar-refractivity contribution in [1.29, 1.82) is 0 Å². The van der Waals surface area contributed by atoms with Crippen LogP contribution >= 0.6 is 11.3 Å². The Hall–Kier alpha value is -9.94. The number of nitrogens with zero attached hydrogens (tertiary/aromatic N) is 4. The maximum atomic E-state index is 2.56. The van der Waals surface area contributed by atoms with E-state index >= 15 is 0 Å². The number of thiophene rings is 1. The molecular weight excluding hydrogens is 989 g/mol. The third kappa shape index (κ3) is 5.78. The lowest BCUT2D eigenvalue weighted by Gasteiger charge is -2.25. The monoisotopic (exact) mass is 1040 g/mol.